The summed E-state index contributed by atoms with van der Waals surface area (Å²) in [6.45, 7) is 0. The van der Waals surface area contributed by atoms with E-state index in [-0.39, 0.29) is 16.9 Å². The average molecular weight is 255 g/mol. The number of phenols is 1. The molecule has 76 valence electrons. The number of carbonyl (C=O) groups excluding carboxylic acids is 1. The van der Waals surface area contributed by atoms with Crippen molar-refractivity contribution in [3.63, 3.8) is 0 Å². The minimum atomic E-state index is -4.11. The van der Waals surface area contributed by atoms with Gasteiger partial charge in [-0.25, -0.2) is 8.42 Å². The molecule has 0 heterocycles. The summed E-state index contributed by atoms with van der Waals surface area (Å²) in [6.07, 6.45) is 0.285. The van der Waals surface area contributed by atoms with Crippen LogP contribution in [-0.4, -0.2) is 19.8 Å². The molecule has 0 unspecified atom stereocenters. The Morgan fingerprint density at radius 2 is 1.93 bits per heavy atom. The van der Waals surface area contributed by atoms with Gasteiger partial charge < -0.3 is 5.11 Å². The SMILES string of the molecule is O=Cc1cc(Cl)cc(S(=O)(=O)Cl)c1O. The van der Waals surface area contributed by atoms with E-state index in [4.69, 9.17) is 22.3 Å². The Bertz CT molecular complexity index is 481. The summed E-state index contributed by atoms with van der Waals surface area (Å²) in [5.74, 6) is -0.695. The zero-order chi connectivity index (χ0) is 10.9. The lowest BCUT2D eigenvalue weighted by atomic mass is 10.2. The van der Waals surface area contributed by atoms with Crippen LogP contribution in [0.25, 0.3) is 0 Å². The standard InChI is InChI=1S/C7H4Cl2O4S/c8-5-1-4(3-10)7(11)6(2-5)14(9,12)13/h1-3,11H. The van der Waals surface area contributed by atoms with Gasteiger partial charge in [0.1, 0.15) is 10.6 Å². The molecule has 0 aliphatic rings. The maximum Gasteiger partial charge on any atom is 0.265 e. The number of halogens is 2. The van der Waals surface area contributed by atoms with Crippen molar-refractivity contribution in [1.82, 2.24) is 0 Å². The topological polar surface area (TPSA) is 71.4 Å². The molecule has 0 saturated carbocycles. The number of benzene rings is 1. The highest BCUT2D eigenvalue weighted by Crippen LogP contribution is 2.31. The van der Waals surface area contributed by atoms with Crippen molar-refractivity contribution < 1.29 is 18.3 Å². The molecular weight excluding hydrogens is 251 g/mol. The molecule has 0 aromatic heterocycles. The lowest BCUT2D eigenvalue weighted by Gasteiger charge is -2.03. The number of aldehydes is 1. The monoisotopic (exact) mass is 254 g/mol. The van der Waals surface area contributed by atoms with E-state index in [0.29, 0.717) is 0 Å². The fraction of sp³-hybridized carbons (Fsp3) is 0. The van der Waals surface area contributed by atoms with Crippen molar-refractivity contribution in [2.45, 2.75) is 4.90 Å². The Balaban J connectivity index is 3.61. The highest BCUT2D eigenvalue weighted by Gasteiger charge is 2.19. The van der Waals surface area contributed by atoms with E-state index >= 15 is 0 Å². The molecule has 0 aliphatic carbocycles. The van der Waals surface area contributed by atoms with E-state index < -0.39 is 19.7 Å². The normalized spacial score (nSPS) is 11.3. The van der Waals surface area contributed by atoms with Gasteiger partial charge in [0.05, 0.1) is 5.56 Å². The van der Waals surface area contributed by atoms with Crippen LogP contribution in [0.1, 0.15) is 10.4 Å². The fourth-order valence-corrected chi connectivity index (χ4v) is 2.13. The molecule has 0 aliphatic heterocycles. The second kappa shape index (κ2) is 3.76. The van der Waals surface area contributed by atoms with Gasteiger partial charge in [0.25, 0.3) is 9.05 Å². The van der Waals surface area contributed by atoms with Crippen molar-refractivity contribution in [3.8, 4) is 5.75 Å². The Morgan fingerprint density at radius 3 is 2.36 bits per heavy atom. The van der Waals surface area contributed by atoms with Gasteiger partial charge in [0.15, 0.2) is 6.29 Å². The van der Waals surface area contributed by atoms with Crippen molar-refractivity contribution >= 4 is 37.6 Å². The van der Waals surface area contributed by atoms with Crippen LogP contribution in [0.5, 0.6) is 5.75 Å². The number of aromatic hydroxyl groups is 1. The first kappa shape index (κ1) is 11.3. The predicted octanol–water partition coefficient (Wildman–Crippen LogP) is 1.79. The Morgan fingerprint density at radius 1 is 1.36 bits per heavy atom. The first-order valence-electron chi connectivity index (χ1n) is 3.28. The molecule has 0 spiro atoms. The van der Waals surface area contributed by atoms with E-state index in [2.05, 4.69) is 0 Å². The number of phenolic OH excluding ortho intramolecular Hbond substituents is 1. The highest BCUT2D eigenvalue weighted by atomic mass is 35.7. The molecule has 1 aromatic rings. The van der Waals surface area contributed by atoms with Crippen LogP contribution in [0.2, 0.25) is 5.02 Å². The molecule has 0 radical (unpaired) electrons. The molecular formula is C7H4Cl2O4S. The van der Waals surface area contributed by atoms with Crippen molar-refractivity contribution in [2.75, 3.05) is 0 Å². The van der Waals surface area contributed by atoms with Crippen molar-refractivity contribution in [3.05, 3.63) is 22.7 Å². The van der Waals surface area contributed by atoms with Crippen LogP contribution in [0, 0.1) is 0 Å². The van der Waals surface area contributed by atoms with Crippen LogP contribution in [0.3, 0.4) is 0 Å². The number of rotatable bonds is 2. The van der Waals surface area contributed by atoms with Crippen molar-refractivity contribution in [1.29, 1.82) is 0 Å². The average Bonchev–Trinajstić information content (AvgIpc) is 2.06. The second-order valence-corrected chi connectivity index (χ2v) is 5.37. The van der Waals surface area contributed by atoms with Crippen molar-refractivity contribution in [2.24, 2.45) is 0 Å². The molecule has 0 amide bonds. The summed E-state index contributed by atoms with van der Waals surface area (Å²) in [5.41, 5.74) is -0.225. The zero-order valence-corrected chi connectivity index (χ0v) is 8.90. The summed E-state index contributed by atoms with van der Waals surface area (Å²) in [7, 11) is 0.893. The lowest BCUT2D eigenvalue weighted by molar-refractivity contribution is 0.112. The first-order valence-corrected chi connectivity index (χ1v) is 5.97. The minimum Gasteiger partial charge on any atom is -0.506 e. The largest absolute Gasteiger partial charge is 0.506 e. The number of hydrogen-bond acceptors (Lipinski definition) is 4. The van der Waals surface area contributed by atoms with Crippen LogP contribution in [0.4, 0.5) is 0 Å². The van der Waals surface area contributed by atoms with Gasteiger partial charge in [0.2, 0.25) is 0 Å². The summed E-state index contributed by atoms with van der Waals surface area (Å²) in [4.78, 5) is 9.83. The molecule has 0 fully saturated rings. The second-order valence-electron chi connectivity index (χ2n) is 2.40. The first-order chi connectivity index (χ1) is 6.36. The van der Waals surface area contributed by atoms with E-state index in [1.165, 1.54) is 0 Å². The lowest BCUT2D eigenvalue weighted by Crippen LogP contribution is -1.94. The molecule has 1 rings (SSSR count). The molecule has 7 heteroatoms. The molecule has 0 atom stereocenters. The van der Waals surface area contributed by atoms with E-state index in [1.54, 1.807) is 0 Å². The molecule has 14 heavy (non-hydrogen) atoms. The van der Waals surface area contributed by atoms with Gasteiger partial charge in [-0.2, -0.15) is 0 Å². The molecule has 4 nitrogen and oxygen atoms in total. The third-order valence-electron chi connectivity index (χ3n) is 1.46. The fourth-order valence-electron chi connectivity index (χ4n) is 0.870. The third kappa shape index (κ3) is 2.17. The highest BCUT2D eigenvalue weighted by molar-refractivity contribution is 8.13. The number of hydrogen-bond donors (Lipinski definition) is 1. The van der Waals surface area contributed by atoms with Gasteiger partial charge in [0, 0.05) is 15.7 Å². The Labute approximate surface area is 89.5 Å². The smallest absolute Gasteiger partial charge is 0.265 e. The van der Waals surface area contributed by atoms with E-state index in [0.717, 1.165) is 12.1 Å². The van der Waals surface area contributed by atoms with Crippen LogP contribution >= 0.6 is 22.3 Å². The molecule has 1 N–H and O–H groups in total. The number of carbonyl (C=O) groups is 1. The molecule has 0 saturated heterocycles. The van der Waals surface area contributed by atoms with Crippen LogP contribution in [-0.2, 0) is 9.05 Å². The summed E-state index contributed by atoms with van der Waals surface area (Å²) in [5, 5.41) is 9.30. The molecule has 1 aromatic carbocycles. The van der Waals surface area contributed by atoms with Gasteiger partial charge in [-0.15, -0.1) is 0 Å². The maximum atomic E-state index is 10.9. The Kier molecular flexibility index (Phi) is 3.04. The van der Waals surface area contributed by atoms with Gasteiger partial charge >= 0.3 is 0 Å². The Hall–Kier alpha value is -0.780. The van der Waals surface area contributed by atoms with Gasteiger partial charge in [-0.1, -0.05) is 11.6 Å². The molecule has 0 bridgehead atoms. The summed E-state index contributed by atoms with van der Waals surface area (Å²) in [6, 6.07) is 2.10. The third-order valence-corrected chi connectivity index (χ3v) is 3.01. The summed E-state index contributed by atoms with van der Waals surface area (Å²) >= 11 is 5.51. The van der Waals surface area contributed by atoms with E-state index in [1.807, 2.05) is 0 Å². The summed E-state index contributed by atoms with van der Waals surface area (Å²) < 4.78 is 21.8. The van der Waals surface area contributed by atoms with Gasteiger partial charge in [-0.3, -0.25) is 4.79 Å². The maximum absolute atomic E-state index is 10.9. The van der Waals surface area contributed by atoms with E-state index in [9.17, 15) is 18.3 Å². The quantitative estimate of drug-likeness (QED) is 0.645. The van der Waals surface area contributed by atoms with Gasteiger partial charge in [-0.05, 0) is 12.1 Å². The van der Waals surface area contributed by atoms with Crippen LogP contribution in [0.15, 0.2) is 17.0 Å². The van der Waals surface area contributed by atoms with Crippen LogP contribution < -0.4 is 0 Å². The predicted molar refractivity (Wildman–Crippen MR) is 51.5 cm³/mol. The zero-order valence-electron chi connectivity index (χ0n) is 6.57. The minimum absolute atomic E-state index is 0.00382.